The summed E-state index contributed by atoms with van der Waals surface area (Å²) in [6, 6.07) is 3.83. The van der Waals surface area contributed by atoms with Gasteiger partial charge in [-0.1, -0.05) is 11.8 Å². The van der Waals surface area contributed by atoms with E-state index in [1.807, 2.05) is 0 Å². The van der Waals surface area contributed by atoms with Gasteiger partial charge in [-0.2, -0.15) is 0 Å². The molecule has 3 aliphatic heterocycles. The largest absolute Gasteiger partial charge is 0.356 e. The monoisotopic (exact) mass is 426 g/mol. The Morgan fingerprint density at radius 2 is 2.00 bits per heavy atom. The van der Waals surface area contributed by atoms with E-state index in [4.69, 9.17) is 0 Å². The van der Waals surface area contributed by atoms with Crippen molar-refractivity contribution in [1.29, 1.82) is 0 Å². The van der Waals surface area contributed by atoms with Crippen LogP contribution in [-0.4, -0.2) is 68.6 Å². The number of nitrogens with one attached hydrogen (secondary N) is 2. The van der Waals surface area contributed by atoms with Crippen LogP contribution in [0.3, 0.4) is 0 Å². The summed E-state index contributed by atoms with van der Waals surface area (Å²) < 4.78 is 24.9. The van der Waals surface area contributed by atoms with Crippen LogP contribution in [-0.2, 0) is 15.6 Å². The van der Waals surface area contributed by atoms with E-state index in [0.717, 1.165) is 17.7 Å². The number of likely N-dealkylation sites (tertiary alicyclic amines) is 1. The second kappa shape index (κ2) is 8.28. The molecule has 3 amide bonds. The van der Waals surface area contributed by atoms with Crippen molar-refractivity contribution in [3.63, 3.8) is 0 Å². The van der Waals surface area contributed by atoms with Crippen LogP contribution in [0.4, 0.5) is 14.9 Å². The molecule has 2 N–H and O–H groups in total. The Hall–Kier alpha value is -1.81. The number of fused-ring (bicyclic) bond motifs is 1. The fourth-order valence-corrected chi connectivity index (χ4v) is 5.81. The van der Waals surface area contributed by atoms with Crippen LogP contribution >= 0.6 is 11.8 Å². The average Bonchev–Trinajstić information content (AvgIpc) is 3.09. The predicted octanol–water partition coefficient (Wildman–Crippen LogP) is 1.78. The van der Waals surface area contributed by atoms with Gasteiger partial charge in [0.15, 0.2) is 5.50 Å². The molecule has 152 valence electrons. The van der Waals surface area contributed by atoms with Gasteiger partial charge in [0.25, 0.3) is 0 Å². The molecule has 2 atom stereocenters. The first kappa shape index (κ1) is 19.5. The van der Waals surface area contributed by atoms with Crippen LogP contribution in [0.5, 0.6) is 0 Å². The topological polar surface area (TPSA) is 81.8 Å². The number of piperidine rings is 1. The minimum atomic E-state index is -0.854. The summed E-state index contributed by atoms with van der Waals surface area (Å²) in [5.41, 5.74) is 0.272. The number of benzene rings is 1. The van der Waals surface area contributed by atoms with Crippen LogP contribution in [0, 0.1) is 5.82 Å². The molecule has 0 aliphatic carbocycles. The quantitative estimate of drug-likeness (QED) is 0.754. The predicted molar refractivity (Wildman–Crippen MR) is 107 cm³/mol. The van der Waals surface area contributed by atoms with E-state index in [1.165, 1.54) is 23.9 Å². The number of carbonyl (C=O) groups is 2. The number of amides is 3. The van der Waals surface area contributed by atoms with Crippen LogP contribution < -0.4 is 10.6 Å². The average molecular weight is 427 g/mol. The first-order valence-corrected chi connectivity index (χ1v) is 11.8. The smallest absolute Gasteiger partial charge is 0.320 e. The molecule has 1 aromatic rings. The number of halogens is 1. The standard InChI is InChI=1S/C18H23FN4O3S2/c19-12-4-5-15-13(11-12)20-17(27-15)21-16(24)14-3-1-2-6-23(14)18(25)22-7-9-28(26)10-8-22/h4-5,11,14,17,20H,1-3,6-10H2,(H,21,24)/t14-,17?/m0/s1. The lowest BCUT2D eigenvalue weighted by atomic mass is 10.0. The Morgan fingerprint density at radius 3 is 2.79 bits per heavy atom. The minimum Gasteiger partial charge on any atom is -0.356 e. The molecule has 0 aromatic heterocycles. The first-order chi connectivity index (χ1) is 13.5. The van der Waals surface area contributed by atoms with E-state index in [2.05, 4.69) is 10.6 Å². The molecule has 1 unspecified atom stereocenters. The van der Waals surface area contributed by atoms with E-state index >= 15 is 0 Å². The van der Waals surface area contributed by atoms with Crippen molar-refractivity contribution in [3.05, 3.63) is 24.0 Å². The highest BCUT2D eigenvalue weighted by Crippen LogP contribution is 2.37. The first-order valence-electron chi connectivity index (χ1n) is 9.45. The molecule has 0 spiro atoms. The Morgan fingerprint density at radius 1 is 1.21 bits per heavy atom. The van der Waals surface area contributed by atoms with Gasteiger partial charge in [-0.05, 0) is 37.5 Å². The van der Waals surface area contributed by atoms with E-state index in [9.17, 15) is 18.2 Å². The third kappa shape index (κ3) is 4.12. The lowest BCUT2D eigenvalue weighted by molar-refractivity contribution is -0.126. The molecule has 2 saturated heterocycles. The Kier molecular flexibility index (Phi) is 5.77. The summed E-state index contributed by atoms with van der Waals surface area (Å²) >= 11 is 1.42. The van der Waals surface area contributed by atoms with Gasteiger partial charge in [0.1, 0.15) is 11.9 Å². The van der Waals surface area contributed by atoms with Crippen LogP contribution in [0.15, 0.2) is 23.1 Å². The van der Waals surface area contributed by atoms with Crippen molar-refractivity contribution in [2.45, 2.75) is 35.7 Å². The molecule has 0 bridgehead atoms. The van der Waals surface area contributed by atoms with Crippen molar-refractivity contribution >= 4 is 40.2 Å². The number of urea groups is 1. The molecule has 7 nitrogen and oxygen atoms in total. The molecule has 28 heavy (non-hydrogen) atoms. The van der Waals surface area contributed by atoms with E-state index in [-0.39, 0.29) is 23.3 Å². The number of nitrogens with zero attached hydrogens (tertiary/aromatic N) is 2. The summed E-state index contributed by atoms with van der Waals surface area (Å²) in [4.78, 5) is 30.1. The van der Waals surface area contributed by atoms with Crippen molar-refractivity contribution < 1.29 is 18.2 Å². The molecule has 2 fully saturated rings. The van der Waals surface area contributed by atoms with Crippen LogP contribution in [0.2, 0.25) is 0 Å². The molecule has 4 rings (SSSR count). The molecule has 0 saturated carbocycles. The maximum atomic E-state index is 13.4. The Bertz CT molecular complexity index is 799. The number of hydrogen-bond donors (Lipinski definition) is 2. The van der Waals surface area contributed by atoms with Gasteiger partial charge < -0.3 is 20.4 Å². The Balaban J connectivity index is 1.39. The highest BCUT2D eigenvalue weighted by molar-refractivity contribution is 8.00. The second-order valence-corrected chi connectivity index (χ2v) is 9.96. The molecule has 0 radical (unpaired) electrons. The van der Waals surface area contributed by atoms with Gasteiger partial charge in [-0.3, -0.25) is 9.00 Å². The maximum Gasteiger partial charge on any atom is 0.320 e. The number of thioether (sulfide) groups is 1. The van der Waals surface area contributed by atoms with E-state index < -0.39 is 16.8 Å². The molecule has 10 heteroatoms. The summed E-state index contributed by atoms with van der Waals surface area (Å²) in [7, 11) is -0.854. The lowest BCUT2D eigenvalue weighted by Crippen LogP contribution is -2.58. The van der Waals surface area contributed by atoms with Crippen LogP contribution in [0.25, 0.3) is 0 Å². The van der Waals surface area contributed by atoms with Gasteiger partial charge >= 0.3 is 6.03 Å². The van der Waals surface area contributed by atoms with Gasteiger partial charge in [0.2, 0.25) is 5.91 Å². The van der Waals surface area contributed by atoms with Gasteiger partial charge in [0, 0.05) is 46.8 Å². The third-order valence-corrected chi connectivity index (χ3v) is 7.60. The Labute approximate surface area is 169 Å². The van der Waals surface area contributed by atoms with E-state index in [0.29, 0.717) is 43.2 Å². The fourth-order valence-electron chi connectivity index (χ4n) is 3.75. The zero-order valence-electron chi connectivity index (χ0n) is 15.4. The van der Waals surface area contributed by atoms with Crippen molar-refractivity contribution in [1.82, 2.24) is 15.1 Å². The highest BCUT2D eigenvalue weighted by atomic mass is 32.2. The molecule has 3 heterocycles. The molecule has 1 aromatic carbocycles. The molecular weight excluding hydrogens is 403 g/mol. The van der Waals surface area contributed by atoms with Crippen molar-refractivity contribution in [2.24, 2.45) is 0 Å². The van der Waals surface area contributed by atoms with Crippen LogP contribution in [0.1, 0.15) is 19.3 Å². The summed E-state index contributed by atoms with van der Waals surface area (Å²) in [6.07, 6.45) is 2.38. The number of hydrogen-bond acceptors (Lipinski definition) is 5. The highest BCUT2D eigenvalue weighted by Gasteiger charge is 2.36. The number of carbonyl (C=O) groups excluding carboxylic acids is 2. The lowest BCUT2D eigenvalue weighted by Gasteiger charge is -2.39. The third-order valence-electron chi connectivity index (χ3n) is 5.25. The summed E-state index contributed by atoms with van der Waals surface area (Å²) in [5, 5.41) is 6.04. The maximum absolute atomic E-state index is 13.4. The zero-order chi connectivity index (χ0) is 19.7. The van der Waals surface area contributed by atoms with Crippen molar-refractivity contribution in [2.75, 3.05) is 36.5 Å². The summed E-state index contributed by atoms with van der Waals surface area (Å²) in [5.74, 6) is 0.458. The van der Waals surface area contributed by atoms with Gasteiger partial charge in [0.05, 0.1) is 5.69 Å². The van der Waals surface area contributed by atoms with Crippen molar-refractivity contribution in [3.8, 4) is 0 Å². The van der Waals surface area contributed by atoms with E-state index in [1.54, 1.807) is 15.9 Å². The number of rotatable bonds is 2. The SMILES string of the molecule is O=C(NC1Nc2cc(F)ccc2S1)[C@@H]1CCCCN1C(=O)N1CCS(=O)CC1. The summed E-state index contributed by atoms with van der Waals surface area (Å²) in [6.45, 7) is 1.49. The fraction of sp³-hybridized carbons (Fsp3) is 0.556. The minimum absolute atomic E-state index is 0.144. The molecular formula is C18H23FN4O3S2. The van der Waals surface area contributed by atoms with Gasteiger partial charge in [-0.15, -0.1) is 0 Å². The number of anilines is 1. The zero-order valence-corrected chi connectivity index (χ0v) is 17.0. The molecule has 3 aliphatic rings. The second-order valence-electron chi connectivity index (χ2n) is 7.11. The van der Waals surface area contributed by atoms with Gasteiger partial charge in [-0.25, -0.2) is 9.18 Å². The normalized spacial score (nSPS) is 25.2.